The standard InChI is InChI=1S/C10H21ClO/c1-4-6-10(2,9-11)7-5-8-12-3/h4-9H2,1-3H3. The summed E-state index contributed by atoms with van der Waals surface area (Å²) >= 11 is 5.93. The Morgan fingerprint density at radius 3 is 2.42 bits per heavy atom. The van der Waals surface area contributed by atoms with Gasteiger partial charge in [0.05, 0.1) is 0 Å². The minimum absolute atomic E-state index is 0.328. The molecule has 1 unspecified atom stereocenters. The van der Waals surface area contributed by atoms with Gasteiger partial charge in [-0.25, -0.2) is 0 Å². The van der Waals surface area contributed by atoms with Gasteiger partial charge in [-0.2, -0.15) is 0 Å². The summed E-state index contributed by atoms with van der Waals surface area (Å²) in [4.78, 5) is 0. The zero-order chi connectivity index (χ0) is 9.45. The molecule has 1 nitrogen and oxygen atoms in total. The fourth-order valence-corrected chi connectivity index (χ4v) is 1.77. The van der Waals surface area contributed by atoms with Crippen molar-refractivity contribution in [3.63, 3.8) is 0 Å². The molecule has 0 heterocycles. The van der Waals surface area contributed by atoms with Crippen molar-refractivity contribution in [2.75, 3.05) is 19.6 Å². The van der Waals surface area contributed by atoms with Gasteiger partial charge in [0.2, 0.25) is 0 Å². The second kappa shape index (κ2) is 6.73. The predicted molar refractivity (Wildman–Crippen MR) is 54.8 cm³/mol. The fraction of sp³-hybridized carbons (Fsp3) is 1.00. The van der Waals surface area contributed by atoms with E-state index < -0.39 is 0 Å². The molecule has 0 radical (unpaired) electrons. The molecule has 12 heavy (non-hydrogen) atoms. The second-order valence-electron chi connectivity index (χ2n) is 3.79. The van der Waals surface area contributed by atoms with Crippen molar-refractivity contribution in [2.45, 2.75) is 39.5 Å². The molecule has 0 saturated carbocycles. The molecule has 0 rings (SSSR count). The van der Waals surface area contributed by atoms with E-state index in [1.54, 1.807) is 7.11 Å². The molecule has 0 aromatic carbocycles. The normalized spacial score (nSPS) is 16.0. The Labute approximate surface area is 81.4 Å². The van der Waals surface area contributed by atoms with Gasteiger partial charge >= 0.3 is 0 Å². The smallest absolute Gasteiger partial charge is 0.0462 e. The minimum atomic E-state index is 0.328. The predicted octanol–water partition coefficient (Wildman–Crippen LogP) is 3.46. The zero-order valence-corrected chi connectivity index (χ0v) is 9.28. The first-order valence-electron chi connectivity index (χ1n) is 4.73. The van der Waals surface area contributed by atoms with Crippen LogP contribution in [0.5, 0.6) is 0 Å². The molecule has 0 aliphatic heterocycles. The Hall–Kier alpha value is 0.250. The van der Waals surface area contributed by atoms with Gasteiger partial charge in [0.1, 0.15) is 0 Å². The maximum Gasteiger partial charge on any atom is 0.0462 e. The van der Waals surface area contributed by atoms with Crippen molar-refractivity contribution in [1.29, 1.82) is 0 Å². The number of methoxy groups -OCH3 is 1. The number of hydrogen-bond acceptors (Lipinski definition) is 1. The van der Waals surface area contributed by atoms with Crippen molar-refractivity contribution in [3.8, 4) is 0 Å². The summed E-state index contributed by atoms with van der Waals surface area (Å²) < 4.78 is 5.02. The van der Waals surface area contributed by atoms with Crippen LogP contribution in [0, 0.1) is 5.41 Å². The molecule has 0 bridgehead atoms. The van der Waals surface area contributed by atoms with E-state index in [4.69, 9.17) is 16.3 Å². The summed E-state index contributed by atoms with van der Waals surface area (Å²) in [7, 11) is 1.75. The number of hydrogen-bond donors (Lipinski definition) is 0. The average molecular weight is 193 g/mol. The molecule has 0 aromatic heterocycles. The first-order valence-corrected chi connectivity index (χ1v) is 5.27. The molecular weight excluding hydrogens is 172 g/mol. The lowest BCUT2D eigenvalue weighted by atomic mass is 9.83. The first kappa shape index (κ1) is 12.2. The van der Waals surface area contributed by atoms with Crippen LogP contribution < -0.4 is 0 Å². The third-order valence-electron chi connectivity index (χ3n) is 2.30. The van der Waals surface area contributed by atoms with Gasteiger partial charge < -0.3 is 4.74 Å². The molecule has 0 aliphatic carbocycles. The SMILES string of the molecule is CCCC(C)(CCl)CCCOC. The van der Waals surface area contributed by atoms with E-state index in [0.29, 0.717) is 5.41 Å². The largest absolute Gasteiger partial charge is 0.385 e. The van der Waals surface area contributed by atoms with Crippen LogP contribution in [-0.4, -0.2) is 19.6 Å². The highest BCUT2D eigenvalue weighted by Crippen LogP contribution is 2.30. The number of ether oxygens (including phenoxy) is 1. The molecule has 1 atom stereocenters. The summed E-state index contributed by atoms with van der Waals surface area (Å²) in [5.74, 6) is 0.768. The maximum atomic E-state index is 5.93. The second-order valence-corrected chi connectivity index (χ2v) is 4.06. The van der Waals surface area contributed by atoms with Crippen LogP contribution in [0.1, 0.15) is 39.5 Å². The van der Waals surface area contributed by atoms with Gasteiger partial charge in [0.15, 0.2) is 0 Å². The van der Waals surface area contributed by atoms with Crippen LogP contribution in [-0.2, 0) is 4.74 Å². The summed E-state index contributed by atoms with van der Waals surface area (Å²) in [6, 6.07) is 0. The van der Waals surface area contributed by atoms with Crippen LogP contribution >= 0.6 is 11.6 Å². The molecule has 0 saturated heterocycles. The van der Waals surface area contributed by atoms with Crippen LogP contribution in [0.2, 0.25) is 0 Å². The van der Waals surface area contributed by atoms with Crippen LogP contribution in [0.25, 0.3) is 0 Å². The number of alkyl halides is 1. The number of rotatable bonds is 7. The van der Waals surface area contributed by atoms with Crippen molar-refractivity contribution in [3.05, 3.63) is 0 Å². The van der Waals surface area contributed by atoms with Gasteiger partial charge in [0.25, 0.3) is 0 Å². The Balaban J connectivity index is 3.63. The lowest BCUT2D eigenvalue weighted by Crippen LogP contribution is -2.18. The van der Waals surface area contributed by atoms with E-state index in [1.165, 1.54) is 19.3 Å². The Kier molecular flexibility index (Phi) is 6.87. The van der Waals surface area contributed by atoms with Crippen LogP contribution in [0.15, 0.2) is 0 Å². The molecule has 0 amide bonds. The van der Waals surface area contributed by atoms with Gasteiger partial charge in [-0.1, -0.05) is 20.3 Å². The monoisotopic (exact) mass is 192 g/mol. The molecule has 0 fully saturated rings. The lowest BCUT2D eigenvalue weighted by molar-refractivity contribution is 0.173. The average Bonchev–Trinajstić information content (AvgIpc) is 2.06. The zero-order valence-electron chi connectivity index (χ0n) is 8.53. The van der Waals surface area contributed by atoms with E-state index in [2.05, 4.69) is 13.8 Å². The molecule has 0 aliphatic rings. The highest BCUT2D eigenvalue weighted by molar-refractivity contribution is 6.18. The quantitative estimate of drug-likeness (QED) is 0.444. The summed E-state index contributed by atoms with van der Waals surface area (Å²) in [6.07, 6.45) is 4.74. The van der Waals surface area contributed by atoms with E-state index in [0.717, 1.165) is 18.9 Å². The highest BCUT2D eigenvalue weighted by atomic mass is 35.5. The maximum absolute atomic E-state index is 5.93. The van der Waals surface area contributed by atoms with E-state index in [-0.39, 0.29) is 0 Å². The van der Waals surface area contributed by atoms with Crippen LogP contribution in [0.3, 0.4) is 0 Å². The topological polar surface area (TPSA) is 9.23 Å². The van der Waals surface area contributed by atoms with Crippen molar-refractivity contribution in [2.24, 2.45) is 5.41 Å². The highest BCUT2D eigenvalue weighted by Gasteiger charge is 2.21. The van der Waals surface area contributed by atoms with Gasteiger partial charge in [-0.3, -0.25) is 0 Å². The third-order valence-corrected chi connectivity index (χ3v) is 2.95. The molecule has 74 valence electrons. The van der Waals surface area contributed by atoms with Crippen molar-refractivity contribution < 1.29 is 4.74 Å². The summed E-state index contributed by atoms with van der Waals surface area (Å²) in [5.41, 5.74) is 0.328. The first-order chi connectivity index (χ1) is 5.68. The van der Waals surface area contributed by atoms with Crippen LogP contribution in [0.4, 0.5) is 0 Å². The van der Waals surface area contributed by atoms with Gasteiger partial charge in [-0.15, -0.1) is 11.6 Å². The third kappa shape index (κ3) is 5.00. The summed E-state index contributed by atoms with van der Waals surface area (Å²) in [6.45, 7) is 5.33. The lowest BCUT2D eigenvalue weighted by Gasteiger charge is -2.26. The Morgan fingerprint density at radius 1 is 1.33 bits per heavy atom. The van der Waals surface area contributed by atoms with Crippen molar-refractivity contribution >= 4 is 11.6 Å². The number of halogens is 1. The van der Waals surface area contributed by atoms with Crippen molar-refractivity contribution in [1.82, 2.24) is 0 Å². The summed E-state index contributed by atoms with van der Waals surface area (Å²) in [5, 5.41) is 0. The van der Waals surface area contributed by atoms with E-state index >= 15 is 0 Å². The molecule has 0 spiro atoms. The molecule has 0 aromatic rings. The Morgan fingerprint density at radius 2 is 2.00 bits per heavy atom. The molecule has 0 N–H and O–H groups in total. The molecule has 2 heteroatoms. The molecular formula is C10H21ClO. The Bertz CT molecular complexity index is 106. The minimum Gasteiger partial charge on any atom is -0.385 e. The van der Waals surface area contributed by atoms with E-state index in [1.807, 2.05) is 0 Å². The van der Waals surface area contributed by atoms with Gasteiger partial charge in [-0.05, 0) is 24.7 Å². The van der Waals surface area contributed by atoms with Gasteiger partial charge in [0, 0.05) is 19.6 Å². The van der Waals surface area contributed by atoms with E-state index in [9.17, 15) is 0 Å². The fourth-order valence-electron chi connectivity index (χ4n) is 1.51.